The number of nitriles is 2. The van der Waals surface area contributed by atoms with Gasteiger partial charge in [0.05, 0.1) is 57.6 Å². The Bertz CT molecular complexity index is 2490. The zero-order chi connectivity index (χ0) is 53.9. The molecular weight excluding hydrogens is 969 g/mol. The van der Waals surface area contributed by atoms with Crippen LogP contribution in [0.5, 0.6) is 0 Å². The molecule has 2 saturated carbocycles. The highest BCUT2D eigenvalue weighted by atomic mass is 35.5. The van der Waals surface area contributed by atoms with Crippen LogP contribution in [-0.2, 0) is 25.4 Å². The smallest absolute Gasteiger partial charge is 0.213 e. The van der Waals surface area contributed by atoms with Gasteiger partial charge in [0.1, 0.15) is 11.6 Å². The van der Waals surface area contributed by atoms with Crippen molar-refractivity contribution in [2.24, 2.45) is 22.5 Å². The van der Waals surface area contributed by atoms with E-state index in [9.17, 15) is 14.9 Å². The van der Waals surface area contributed by atoms with Crippen LogP contribution in [0.3, 0.4) is 0 Å². The molecule has 15 nitrogen and oxygen atoms in total. The zero-order valence-electron chi connectivity index (χ0n) is 45.0. The summed E-state index contributed by atoms with van der Waals surface area (Å²) in [4.78, 5) is 17.4. The van der Waals surface area contributed by atoms with Crippen molar-refractivity contribution in [1.29, 1.82) is 10.5 Å². The van der Waals surface area contributed by atoms with E-state index in [1.807, 2.05) is 38.1 Å². The first-order valence-corrected chi connectivity index (χ1v) is 26.4. The molecule has 396 valence electrons. The summed E-state index contributed by atoms with van der Waals surface area (Å²) in [5, 5.41) is 33.4. The van der Waals surface area contributed by atoms with E-state index in [2.05, 4.69) is 54.4 Å². The van der Waals surface area contributed by atoms with Gasteiger partial charge in [-0.25, -0.2) is 15.0 Å². The van der Waals surface area contributed by atoms with E-state index < -0.39 is 28.8 Å². The number of nitrogens with two attached hydrogens (primary N) is 1. The monoisotopic (exact) mass is 1050 g/mol. The molecule has 2 aliphatic carbocycles. The van der Waals surface area contributed by atoms with Gasteiger partial charge in [-0.05, 0) is 134 Å². The number of anilines is 2. The standard InChI is InChI=1S/C28H38ClN5O2.C17H16ClFN4O.C10H22N2O/c1-20(17-35-2)33-22-8-6-21(7-9-22)14-23-15-24(25(29)16-31-23)26-4-3-5-27(34-26)32-19-28(18-30)10-12-36-13-11-28;18-13-9-21-15(19)8-12(13)14-2-1-3-16(23-14)22-11-17(10-20)4-6-24-7-5-17;1-8(7-13-2)12-10-5-3-9(11)4-6-10/h3-5,15-16,20-22,33H,6-14,17,19H2,1-2H3,(H,32,34);1-3,8-9H,4-7,11H2,(H,22,23);8-10,12H,3-7,11H2,1-2H3/i20D;;8D. The van der Waals surface area contributed by atoms with Crippen LogP contribution in [0.15, 0.2) is 60.9 Å². The average Bonchev–Trinajstić information content (AvgIpc) is 3.41. The highest BCUT2D eigenvalue weighted by Gasteiger charge is 2.34. The highest BCUT2D eigenvalue weighted by molar-refractivity contribution is 6.33. The minimum absolute atomic E-state index is 0.332. The number of ether oxygens (including phenoxy) is 4. The molecule has 2 saturated heterocycles. The van der Waals surface area contributed by atoms with Crippen LogP contribution in [0.1, 0.15) is 99.3 Å². The molecular formula is C55H76Cl2FN11O4. The fourth-order valence-electron chi connectivity index (χ4n) is 9.75. The second-order valence-corrected chi connectivity index (χ2v) is 20.7. The molecule has 6 N–H and O–H groups in total. The summed E-state index contributed by atoms with van der Waals surface area (Å²) in [6.07, 6.45) is 15.3. The number of pyridine rings is 4. The summed E-state index contributed by atoms with van der Waals surface area (Å²) in [6, 6.07) is 19.1. The Morgan fingerprint density at radius 2 is 1.18 bits per heavy atom. The lowest BCUT2D eigenvalue weighted by Gasteiger charge is -2.31. The van der Waals surface area contributed by atoms with Crippen LogP contribution in [0.25, 0.3) is 22.5 Å². The maximum absolute atomic E-state index is 13.4. The van der Waals surface area contributed by atoms with Gasteiger partial charge in [-0.1, -0.05) is 35.3 Å². The number of nitrogens with one attached hydrogen (secondary N) is 4. The zero-order valence-corrected chi connectivity index (χ0v) is 44.5. The number of hydrogen-bond donors (Lipinski definition) is 5. The number of aromatic nitrogens is 4. The SMILES string of the molecule is N#CC1(CNc2cccc(-c3cc(F)ncc3Cl)n2)CCOCC1.[2H]C(C)(COC)NC1CCC(Cc2cc(-c3cccc(NCC4(C#N)CCOCC4)n3)c(Cl)cn2)CC1.[2H]C(C)(COC)NC1CCC(N)CC1. The van der Waals surface area contributed by atoms with Gasteiger partial charge >= 0.3 is 0 Å². The molecule has 0 amide bonds. The normalized spacial score (nSPS) is 23.4. The highest BCUT2D eigenvalue weighted by Crippen LogP contribution is 2.34. The molecule has 2 aliphatic heterocycles. The Morgan fingerprint density at radius 3 is 1.64 bits per heavy atom. The van der Waals surface area contributed by atoms with E-state index in [-0.39, 0.29) is 0 Å². The molecule has 2 atom stereocenters. The first-order valence-electron chi connectivity index (χ1n) is 26.6. The van der Waals surface area contributed by atoms with Crippen LogP contribution >= 0.6 is 23.2 Å². The Balaban J connectivity index is 0.000000205. The van der Waals surface area contributed by atoms with Crippen LogP contribution in [-0.4, -0.2) is 117 Å². The van der Waals surface area contributed by atoms with Crippen molar-refractivity contribution in [2.45, 2.75) is 127 Å². The Labute approximate surface area is 445 Å². The van der Waals surface area contributed by atoms with Crippen molar-refractivity contribution in [2.75, 3.05) is 77.6 Å². The van der Waals surface area contributed by atoms with Gasteiger partial charge in [-0.3, -0.25) is 4.98 Å². The average molecular weight is 1050 g/mol. The summed E-state index contributed by atoms with van der Waals surface area (Å²) in [7, 11) is 3.27. The molecule has 0 radical (unpaired) electrons. The fraction of sp³-hybridized carbons (Fsp3) is 0.600. The van der Waals surface area contributed by atoms with Gasteiger partial charge in [0, 0.05) is 122 Å². The van der Waals surface area contributed by atoms with Crippen molar-refractivity contribution in [1.82, 2.24) is 30.6 Å². The molecule has 4 aromatic rings. The molecule has 8 rings (SSSR count). The van der Waals surface area contributed by atoms with E-state index in [4.69, 9.17) is 55.6 Å². The quantitative estimate of drug-likeness (QED) is 0.0588. The van der Waals surface area contributed by atoms with Crippen molar-refractivity contribution >= 4 is 34.8 Å². The third-order valence-electron chi connectivity index (χ3n) is 14.1. The predicted octanol–water partition coefficient (Wildman–Crippen LogP) is 9.80. The van der Waals surface area contributed by atoms with Crippen molar-refractivity contribution in [3.8, 4) is 34.7 Å². The van der Waals surface area contributed by atoms with E-state index in [1.165, 1.54) is 12.3 Å². The lowest BCUT2D eigenvalue weighted by molar-refractivity contribution is 0.0454. The third-order valence-corrected chi connectivity index (χ3v) is 14.7. The summed E-state index contributed by atoms with van der Waals surface area (Å²) >= 11 is 12.6. The number of rotatable bonds is 18. The summed E-state index contributed by atoms with van der Waals surface area (Å²) in [6.45, 7) is 7.98. The van der Waals surface area contributed by atoms with Gasteiger partial charge in [0.2, 0.25) is 5.95 Å². The second-order valence-electron chi connectivity index (χ2n) is 19.9. The molecule has 2 unspecified atom stereocenters. The third kappa shape index (κ3) is 18.3. The van der Waals surface area contributed by atoms with Crippen LogP contribution in [0, 0.1) is 45.4 Å². The Morgan fingerprint density at radius 1 is 0.726 bits per heavy atom. The maximum Gasteiger partial charge on any atom is 0.213 e. The number of halogens is 3. The summed E-state index contributed by atoms with van der Waals surface area (Å²) < 4.78 is 50.6. The van der Waals surface area contributed by atoms with E-state index >= 15 is 0 Å². The van der Waals surface area contributed by atoms with Gasteiger partial charge in [-0.2, -0.15) is 14.9 Å². The van der Waals surface area contributed by atoms with Crippen molar-refractivity contribution < 1.29 is 26.1 Å². The molecule has 0 aromatic carbocycles. The van der Waals surface area contributed by atoms with Crippen molar-refractivity contribution in [3.05, 3.63) is 82.6 Å². The van der Waals surface area contributed by atoms with Crippen LogP contribution in [0.2, 0.25) is 10.0 Å². The molecule has 4 fully saturated rings. The Hall–Kier alpha value is -4.59. The maximum atomic E-state index is 13.4. The van der Waals surface area contributed by atoms with Crippen LogP contribution < -0.4 is 27.0 Å². The summed E-state index contributed by atoms with van der Waals surface area (Å²) in [5.74, 6) is 1.29. The van der Waals surface area contributed by atoms with Gasteiger partial charge in [0.15, 0.2) is 0 Å². The molecule has 4 aliphatic rings. The first kappa shape index (κ1) is 54.7. The van der Waals surface area contributed by atoms with Gasteiger partial charge in [0.25, 0.3) is 0 Å². The molecule has 18 heteroatoms. The number of methoxy groups -OCH3 is 2. The van der Waals surface area contributed by atoms with Crippen LogP contribution in [0.4, 0.5) is 16.0 Å². The predicted molar refractivity (Wildman–Crippen MR) is 287 cm³/mol. The fourth-order valence-corrected chi connectivity index (χ4v) is 10.1. The first-order chi connectivity index (χ1) is 36.0. The second kappa shape index (κ2) is 29.5. The molecule has 73 heavy (non-hydrogen) atoms. The largest absolute Gasteiger partial charge is 0.383 e. The van der Waals surface area contributed by atoms with E-state index in [0.29, 0.717) is 117 Å². The van der Waals surface area contributed by atoms with Gasteiger partial charge < -0.3 is 45.9 Å². The lowest BCUT2D eigenvalue weighted by atomic mass is 9.82. The van der Waals surface area contributed by atoms with E-state index in [0.717, 1.165) is 93.4 Å². The molecule has 0 bridgehead atoms. The van der Waals surface area contributed by atoms with Gasteiger partial charge in [-0.15, -0.1) is 0 Å². The minimum atomic E-state index is -0.755. The molecule has 4 aromatic heterocycles. The van der Waals surface area contributed by atoms with Crippen molar-refractivity contribution in [3.63, 3.8) is 0 Å². The minimum Gasteiger partial charge on any atom is -0.383 e. The molecule has 6 heterocycles. The summed E-state index contributed by atoms with van der Waals surface area (Å²) in [5.41, 5.74) is 8.66. The topological polar surface area (TPSA) is 210 Å². The Kier molecular flexibility index (Phi) is 22.1. The number of hydrogen-bond acceptors (Lipinski definition) is 15. The molecule has 0 spiro atoms. The lowest BCUT2D eigenvalue weighted by Crippen LogP contribution is -2.43. The number of nitrogens with zero attached hydrogens (tertiary/aromatic N) is 6. The van der Waals surface area contributed by atoms with E-state index in [1.54, 1.807) is 32.5 Å².